The van der Waals surface area contributed by atoms with Crippen molar-refractivity contribution >= 4 is 0 Å². The first-order chi connectivity index (χ1) is 8.65. The molecule has 1 fully saturated rings. The van der Waals surface area contributed by atoms with Gasteiger partial charge in [0.25, 0.3) is 0 Å². The molecule has 0 spiro atoms. The molecule has 0 aliphatic carbocycles. The maximum Gasteiger partial charge on any atom is 0.127 e. The van der Waals surface area contributed by atoms with E-state index in [0.717, 1.165) is 30.7 Å². The van der Waals surface area contributed by atoms with Crippen LogP contribution in [0.25, 0.3) is 0 Å². The maximum atomic E-state index is 9.47. The summed E-state index contributed by atoms with van der Waals surface area (Å²) in [6.07, 6.45) is 1.29. The number of ether oxygens (including phenoxy) is 1. The molecule has 3 nitrogen and oxygen atoms in total. The smallest absolute Gasteiger partial charge is 0.127 e. The average molecular weight is 247 g/mol. The van der Waals surface area contributed by atoms with Gasteiger partial charge in [0.1, 0.15) is 18.1 Å². The van der Waals surface area contributed by atoms with Crippen LogP contribution in [-0.4, -0.2) is 29.7 Å². The summed E-state index contributed by atoms with van der Waals surface area (Å²) < 4.78 is 5.70. The van der Waals surface area contributed by atoms with Gasteiger partial charge in [-0.1, -0.05) is 13.8 Å². The van der Waals surface area contributed by atoms with Crippen molar-refractivity contribution < 1.29 is 9.84 Å². The predicted molar refractivity (Wildman–Crippen MR) is 70.9 cm³/mol. The number of hydrogen-bond acceptors (Lipinski definition) is 3. The van der Waals surface area contributed by atoms with E-state index in [4.69, 9.17) is 4.74 Å². The third-order valence-electron chi connectivity index (χ3n) is 4.39. The van der Waals surface area contributed by atoms with Gasteiger partial charge < -0.3 is 9.84 Å². The number of phenols is 1. The van der Waals surface area contributed by atoms with E-state index in [-0.39, 0.29) is 5.75 Å². The molecule has 1 saturated heterocycles. The first-order valence-corrected chi connectivity index (χ1v) is 6.85. The minimum absolute atomic E-state index is 0.288. The van der Waals surface area contributed by atoms with Gasteiger partial charge in [-0.25, -0.2) is 0 Å². The third kappa shape index (κ3) is 1.97. The van der Waals surface area contributed by atoms with Crippen molar-refractivity contribution in [3.63, 3.8) is 0 Å². The van der Waals surface area contributed by atoms with Crippen LogP contribution in [0.4, 0.5) is 0 Å². The van der Waals surface area contributed by atoms with Crippen molar-refractivity contribution in [2.75, 3.05) is 19.7 Å². The lowest BCUT2D eigenvalue weighted by Crippen LogP contribution is -2.28. The third-order valence-corrected chi connectivity index (χ3v) is 4.39. The fraction of sp³-hybridized carbons (Fsp3) is 0.600. The van der Waals surface area contributed by atoms with Crippen LogP contribution in [0.1, 0.15) is 31.9 Å². The minimum atomic E-state index is 0.288. The fourth-order valence-electron chi connectivity index (χ4n) is 3.13. The Morgan fingerprint density at radius 1 is 1.39 bits per heavy atom. The SMILES string of the molecule is CC(C)C1CCN(C2COc3cc(O)ccc32)C1. The summed E-state index contributed by atoms with van der Waals surface area (Å²) in [6.45, 7) is 7.68. The summed E-state index contributed by atoms with van der Waals surface area (Å²) in [4.78, 5) is 2.54. The fourth-order valence-corrected chi connectivity index (χ4v) is 3.13. The zero-order valence-corrected chi connectivity index (χ0v) is 11.1. The molecule has 18 heavy (non-hydrogen) atoms. The molecule has 2 unspecified atom stereocenters. The monoisotopic (exact) mass is 247 g/mol. The first kappa shape index (κ1) is 11.8. The largest absolute Gasteiger partial charge is 0.508 e. The second kappa shape index (κ2) is 4.47. The van der Waals surface area contributed by atoms with Gasteiger partial charge in [-0.05, 0) is 36.9 Å². The van der Waals surface area contributed by atoms with Crippen molar-refractivity contribution in [1.82, 2.24) is 4.90 Å². The Hall–Kier alpha value is -1.22. The van der Waals surface area contributed by atoms with Crippen molar-refractivity contribution in [2.45, 2.75) is 26.3 Å². The highest BCUT2D eigenvalue weighted by atomic mass is 16.5. The highest BCUT2D eigenvalue weighted by Crippen LogP contribution is 2.40. The molecule has 0 aromatic heterocycles. The van der Waals surface area contributed by atoms with Crippen molar-refractivity contribution in [3.8, 4) is 11.5 Å². The Labute approximate surface area is 108 Å². The van der Waals surface area contributed by atoms with Gasteiger partial charge in [-0.2, -0.15) is 0 Å². The van der Waals surface area contributed by atoms with Gasteiger partial charge in [0.05, 0.1) is 6.04 Å². The van der Waals surface area contributed by atoms with Crippen LogP contribution in [0.5, 0.6) is 11.5 Å². The highest BCUT2D eigenvalue weighted by molar-refractivity contribution is 5.44. The quantitative estimate of drug-likeness (QED) is 0.872. The number of aromatic hydroxyl groups is 1. The normalized spacial score (nSPS) is 27.5. The first-order valence-electron chi connectivity index (χ1n) is 6.85. The Bertz CT molecular complexity index is 444. The van der Waals surface area contributed by atoms with Gasteiger partial charge in [0.15, 0.2) is 0 Å². The number of rotatable bonds is 2. The second-order valence-corrected chi connectivity index (χ2v) is 5.84. The summed E-state index contributed by atoms with van der Waals surface area (Å²) in [6, 6.07) is 5.87. The zero-order valence-electron chi connectivity index (χ0n) is 11.1. The van der Waals surface area contributed by atoms with Crippen LogP contribution in [0.15, 0.2) is 18.2 Å². The molecule has 3 rings (SSSR count). The lowest BCUT2D eigenvalue weighted by Gasteiger charge is -2.23. The van der Waals surface area contributed by atoms with E-state index < -0.39 is 0 Å². The molecule has 1 aromatic rings. The van der Waals surface area contributed by atoms with E-state index >= 15 is 0 Å². The predicted octanol–water partition coefficient (Wildman–Crippen LogP) is 2.80. The molecular weight excluding hydrogens is 226 g/mol. The molecular formula is C15H21NO2. The minimum Gasteiger partial charge on any atom is -0.508 e. The average Bonchev–Trinajstić information content (AvgIpc) is 2.92. The van der Waals surface area contributed by atoms with E-state index in [9.17, 15) is 5.11 Å². The summed E-state index contributed by atoms with van der Waals surface area (Å²) in [5, 5.41) is 9.47. The number of hydrogen-bond donors (Lipinski definition) is 1. The van der Waals surface area contributed by atoms with Gasteiger partial charge in [0.2, 0.25) is 0 Å². The molecule has 0 bridgehead atoms. The molecule has 1 N–H and O–H groups in total. The zero-order chi connectivity index (χ0) is 12.7. The number of benzene rings is 1. The lowest BCUT2D eigenvalue weighted by atomic mass is 9.95. The molecule has 3 heteroatoms. The van der Waals surface area contributed by atoms with E-state index in [1.54, 1.807) is 12.1 Å². The molecule has 2 aliphatic rings. The van der Waals surface area contributed by atoms with E-state index in [2.05, 4.69) is 18.7 Å². The van der Waals surface area contributed by atoms with Crippen LogP contribution < -0.4 is 4.74 Å². The molecule has 1 aromatic carbocycles. The molecule has 0 saturated carbocycles. The van der Waals surface area contributed by atoms with Crippen LogP contribution >= 0.6 is 0 Å². The Morgan fingerprint density at radius 2 is 2.22 bits per heavy atom. The maximum absolute atomic E-state index is 9.47. The molecule has 2 aliphatic heterocycles. The van der Waals surface area contributed by atoms with Crippen molar-refractivity contribution in [2.24, 2.45) is 11.8 Å². The number of fused-ring (bicyclic) bond motifs is 1. The molecule has 98 valence electrons. The summed E-state index contributed by atoms with van der Waals surface area (Å²) in [5.74, 6) is 2.71. The summed E-state index contributed by atoms with van der Waals surface area (Å²) in [7, 11) is 0. The number of nitrogens with zero attached hydrogens (tertiary/aromatic N) is 1. The Balaban J connectivity index is 1.77. The van der Waals surface area contributed by atoms with E-state index in [0.29, 0.717) is 6.04 Å². The van der Waals surface area contributed by atoms with Crippen molar-refractivity contribution in [1.29, 1.82) is 0 Å². The molecule has 2 atom stereocenters. The second-order valence-electron chi connectivity index (χ2n) is 5.84. The van der Waals surface area contributed by atoms with Gasteiger partial charge >= 0.3 is 0 Å². The summed E-state index contributed by atoms with van der Waals surface area (Å²) in [5.41, 5.74) is 1.23. The van der Waals surface area contributed by atoms with E-state index in [1.165, 1.54) is 18.5 Å². The van der Waals surface area contributed by atoms with Crippen LogP contribution in [0, 0.1) is 11.8 Å². The van der Waals surface area contributed by atoms with E-state index in [1.807, 2.05) is 6.07 Å². The molecule has 2 heterocycles. The number of phenolic OH excluding ortho intramolecular Hbond substituents is 1. The highest BCUT2D eigenvalue weighted by Gasteiger charge is 2.35. The van der Waals surface area contributed by atoms with Crippen LogP contribution in [0.3, 0.4) is 0 Å². The molecule has 0 radical (unpaired) electrons. The van der Waals surface area contributed by atoms with Crippen LogP contribution in [0.2, 0.25) is 0 Å². The van der Waals surface area contributed by atoms with Crippen LogP contribution in [-0.2, 0) is 0 Å². The molecule has 0 amide bonds. The standard InChI is InChI=1S/C15H21NO2/c1-10(2)11-5-6-16(8-11)14-9-18-15-7-12(17)3-4-13(14)15/h3-4,7,10-11,14,17H,5-6,8-9H2,1-2H3. The van der Waals surface area contributed by atoms with Gasteiger partial charge in [0, 0.05) is 18.2 Å². The van der Waals surface area contributed by atoms with Gasteiger partial charge in [-0.15, -0.1) is 0 Å². The lowest BCUT2D eigenvalue weighted by molar-refractivity contribution is 0.185. The Kier molecular flexibility index (Phi) is 2.94. The summed E-state index contributed by atoms with van der Waals surface area (Å²) >= 11 is 0. The number of likely N-dealkylation sites (tertiary alicyclic amines) is 1. The Morgan fingerprint density at radius 3 is 2.94 bits per heavy atom. The topological polar surface area (TPSA) is 32.7 Å². The van der Waals surface area contributed by atoms with Gasteiger partial charge in [-0.3, -0.25) is 4.90 Å². The van der Waals surface area contributed by atoms with Crippen molar-refractivity contribution in [3.05, 3.63) is 23.8 Å².